The van der Waals surface area contributed by atoms with Gasteiger partial charge in [-0.2, -0.15) is 8.78 Å². The van der Waals surface area contributed by atoms with Gasteiger partial charge in [0.15, 0.2) is 0 Å². The lowest BCUT2D eigenvalue weighted by Crippen LogP contribution is -2.38. The van der Waals surface area contributed by atoms with Gasteiger partial charge in [0.05, 0.1) is 6.10 Å². The summed E-state index contributed by atoms with van der Waals surface area (Å²) in [6.07, 6.45) is 2.59. The Labute approximate surface area is 128 Å². The van der Waals surface area contributed by atoms with E-state index in [1.807, 2.05) is 0 Å². The van der Waals surface area contributed by atoms with Gasteiger partial charge in [0.25, 0.3) is 5.91 Å². The maximum atomic E-state index is 12.4. The molecule has 0 spiro atoms. The molecular formula is C16H21F2NO3. The highest BCUT2D eigenvalue weighted by Crippen LogP contribution is 2.27. The number of halogens is 2. The van der Waals surface area contributed by atoms with Crippen LogP contribution in [0.5, 0.6) is 5.75 Å². The predicted molar refractivity (Wildman–Crippen MR) is 78.3 cm³/mol. The summed E-state index contributed by atoms with van der Waals surface area (Å²) in [5.74, 6) is -0.108. The van der Waals surface area contributed by atoms with Crippen molar-refractivity contribution in [1.82, 2.24) is 5.32 Å². The van der Waals surface area contributed by atoms with E-state index in [0.717, 1.165) is 12.8 Å². The monoisotopic (exact) mass is 313 g/mol. The fraction of sp³-hybridized carbons (Fsp3) is 0.562. The molecule has 0 atom stereocenters. The molecular weight excluding hydrogens is 292 g/mol. The molecule has 1 saturated carbocycles. The lowest BCUT2D eigenvalue weighted by molar-refractivity contribution is -0.0507. The molecule has 0 unspecified atom stereocenters. The van der Waals surface area contributed by atoms with E-state index in [9.17, 15) is 18.7 Å². The van der Waals surface area contributed by atoms with Crippen molar-refractivity contribution in [1.29, 1.82) is 0 Å². The Morgan fingerprint density at radius 2 is 1.77 bits per heavy atom. The highest BCUT2D eigenvalue weighted by molar-refractivity contribution is 5.95. The quantitative estimate of drug-likeness (QED) is 0.898. The third-order valence-corrected chi connectivity index (χ3v) is 3.96. The highest BCUT2D eigenvalue weighted by atomic mass is 19.3. The van der Waals surface area contributed by atoms with E-state index < -0.39 is 6.61 Å². The van der Waals surface area contributed by atoms with Gasteiger partial charge in [0.2, 0.25) is 0 Å². The van der Waals surface area contributed by atoms with Crippen molar-refractivity contribution in [3.8, 4) is 5.75 Å². The van der Waals surface area contributed by atoms with Gasteiger partial charge in [-0.05, 0) is 62.8 Å². The summed E-state index contributed by atoms with van der Waals surface area (Å²) in [6, 6.07) is 3.16. The van der Waals surface area contributed by atoms with Crippen molar-refractivity contribution in [2.24, 2.45) is 0 Å². The van der Waals surface area contributed by atoms with E-state index in [2.05, 4.69) is 10.1 Å². The number of benzene rings is 1. The topological polar surface area (TPSA) is 58.6 Å². The number of hydrogen-bond donors (Lipinski definition) is 2. The number of aryl methyl sites for hydroxylation is 2. The van der Waals surface area contributed by atoms with Gasteiger partial charge >= 0.3 is 6.61 Å². The van der Waals surface area contributed by atoms with Gasteiger partial charge in [0, 0.05) is 11.6 Å². The van der Waals surface area contributed by atoms with Gasteiger partial charge in [-0.25, -0.2) is 0 Å². The molecule has 2 N–H and O–H groups in total. The van der Waals surface area contributed by atoms with Crippen molar-refractivity contribution in [2.45, 2.75) is 58.3 Å². The zero-order chi connectivity index (χ0) is 16.3. The molecule has 22 heavy (non-hydrogen) atoms. The van der Waals surface area contributed by atoms with Crippen LogP contribution in [-0.2, 0) is 0 Å². The lowest BCUT2D eigenvalue weighted by Gasteiger charge is -2.26. The second kappa shape index (κ2) is 7.05. The van der Waals surface area contributed by atoms with E-state index in [0.29, 0.717) is 29.5 Å². The first kappa shape index (κ1) is 16.7. The van der Waals surface area contributed by atoms with Crippen molar-refractivity contribution in [3.05, 3.63) is 28.8 Å². The van der Waals surface area contributed by atoms with Crippen molar-refractivity contribution < 1.29 is 23.4 Å². The zero-order valence-corrected chi connectivity index (χ0v) is 12.7. The number of amides is 1. The summed E-state index contributed by atoms with van der Waals surface area (Å²) in [5.41, 5.74) is 1.44. The zero-order valence-electron chi connectivity index (χ0n) is 12.7. The average Bonchev–Trinajstić information content (AvgIpc) is 2.45. The van der Waals surface area contributed by atoms with Crippen LogP contribution in [0.4, 0.5) is 8.78 Å². The molecule has 1 aliphatic carbocycles. The molecule has 122 valence electrons. The Morgan fingerprint density at radius 1 is 1.23 bits per heavy atom. The first-order chi connectivity index (χ1) is 10.4. The molecule has 0 saturated heterocycles. The Balaban J connectivity index is 2.07. The molecule has 0 aromatic heterocycles. The Morgan fingerprint density at radius 3 is 2.27 bits per heavy atom. The van der Waals surface area contributed by atoms with E-state index >= 15 is 0 Å². The fourth-order valence-electron chi connectivity index (χ4n) is 2.85. The van der Waals surface area contributed by atoms with Crippen LogP contribution in [0, 0.1) is 13.8 Å². The number of hydrogen-bond acceptors (Lipinski definition) is 3. The summed E-state index contributed by atoms with van der Waals surface area (Å²) >= 11 is 0. The molecule has 1 fully saturated rings. The number of alkyl halides is 2. The predicted octanol–water partition coefficient (Wildman–Crippen LogP) is 2.94. The van der Waals surface area contributed by atoms with E-state index in [1.165, 1.54) is 0 Å². The fourth-order valence-corrected chi connectivity index (χ4v) is 2.85. The van der Waals surface area contributed by atoms with Crippen LogP contribution in [-0.4, -0.2) is 29.8 Å². The van der Waals surface area contributed by atoms with Crippen LogP contribution in [0.25, 0.3) is 0 Å². The SMILES string of the molecule is Cc1cc(C(=O)NC2CCC(O)CC2)cc(C)c1OC(F)F. The Bertz CT molecular complexity index is 517. The molecule has 0 radical (unpaired) electrons. The summed E-state index contributed by atoms with van der Waals surface area (Å²) in [4.78, 5) is 12.3. The van der Waals surface area contributed by atoms with Crippen LogP contribution in [0.3, 0.4) is 0 Å². The summed E-state index contributed by atoms with van der Waals surface area (Å²) in [7, 11) is 0. The average molecular weight is 313 g/mol. The van der Waals surface area contributed by atoms with Crippen molar-refractivity contribution >= 4 is 5.91 Å². The number of rotatable bonds is 4. The molecule has 6 heteroatoms. The van der Waals surface area contributed by atoms with Crippen molar-refractivity contribution in [3.63, 3.8) is 0 Å². The first-order valence-corrected chi connectivity index (χ1v) is 7.41. The standard InChI is InChI=1S/C16H21F2NO3/c1-9-7-11(8-10(2)14(9)22-16(17)18)15(21)19-12-3-5-13(20)6-4-12/h7-8,12-13,16,20H,3-6H2,1-2H3,(H,19,21). The number of aliphatic hydroxyl groups is 1. The van der Waals surface area contributed by atoms with Gasteiger partial charge in [-0.15, -0.1) is 0 Å². The van der Waals surface area contributed by atoms with Crippen LogP contribution in [0.15, 0.2) is 12.1 Å². The second-order valence-corrected chi connectivity index (χ2v) is 5.80. The van der Waals surface area contributed by atoms with Gasteiger partial charge < -0.3 is 15.2 Å². The summed E-state index contributed by atoms with van der Waals surface area (Å²) < 4.78 is 29.2. The van der Waals surface area contributed by atoms with E-state index in [4.69, 9.17) is 0 Å². The molecule has 1 amide bonds. The van der Waals surface area contributed by atoms with Gasteiger partial charge in [-0.1, -0.05) is 0 Å². The molecule has 4 nitrogen and oxygen atoms in total. The summed E-state index contributed by atoms with van der Waals surface area (Å²) in [6.45, 7) is 0.391. The normalized spacial score (nSPS) is 21.7. The molecule has 1 aromatic carbocycles. The second-order valence-electron chi connectivity index (χ2n) is 5.80. The Hall–Kier alpha value is -1.69. The summed E-state index contributed by atoms with van der Waals surface area (Å²) in [5, 5.41) is 12.4. The number of nitrogens with one attached hydrogen (secondary N) is 1. The molecule has 1 aromatic rings. The van der Waals surface area contributed by atoms with E-state index in [1.54, 1.807) is 26.0 Å². The molecule has 0 heterocycles. The molecule has 0 bridgehead atoms. The Kier molecular flexibility index (Phi) is 5.34. The van der Waals surface area contributed by atoms with Crippen LogP contribution in [0.1, 0.15) is 47.2 Å². The third-order valence-electron chi connectivity index (χ3n) is 3.96. The maximum Gasteiger partial charge on any atom is 0.387 e. The lowest BCUT2D eigenvalue weighted by atomic mass is 9.93. The smallest absolute Gasteiger partial charge is 0.387 e. The third kappa shape index (κ3) is 4.16. The molecule has 0 aliphatic heterocycles. The van der Waals surface area contributed by atoms with Crippen LogP contribution >= 0.6 is 0 Å². The number of aliphatic hydroxyl groups excluding tert-OH is 1. The van der Waals surface area contributed by atoms with Gasteiger partial charge in [-0.3, -0.25) is 4.79 Å². The van der Waals surface area contributed by atoms with E-state index in [-0.39, 0.29) is 23.8 Å². The molecule has 2 rings (SSSR count). The highest BCUT2D eigenvalue weighted by Gasteiger charge is 2.22. The minimum Gasteiger partial charge on any atom is -0.434 e. The number of carbonyl (C=O) groups is 1. The van der Waals surface area contributed by atoms with Gasteiger partial charge in [0.1, 0.15) is 5.75 Å². The minimum absolute atomic E-state index is 0.0495. The molecule has 1 aliphatic rings. The first-order valence-electron chi connectivity index (χ1n) is 7.41. The number of ether oxygens (including phenoxy) is 1. The van der Waals surface area contributed by atoms with Crippen LogP contribution in [0.2, 0.25) is 0 Å². The largest absolute Gasteiger partial charge is 0.434 e. The maximum absolute atomic E-state index is 12.4. The van der Waals surface area contributed by atoms with Crippen LogP contribution < -0.4 is 10.1 Å². The van der Waals surface area contributed by atoms with Crippen molar-refractivity contribution in [2.75, 3.05) is 0 Å². The minimum atomic E-state index is -2.88. The number of carbonyl (C=O) groups excluding carboxylic acids is 1.